The number of nitrogens with zero attached hydrogens (tertiary/aromatic N) is 2. The SMILES string of the molecule is COc1cc2cc(c1)C(=O)N[C@H]1CN(C(=O)c3ccccn3)C[C@@H]1Oc1ccc(c(OC)c1)CNC(=O)CO2. The van der Waals surface area contributed by atoms with E-state index in [2.05, 4.69) is 15.6 Å². The number of methoxy groups -OCH3 is 2. The predicted octanol–water partition coefficient (Wildman–Crippen LogP) is 1.81. The lowest BCUT2D eigenvalue weighted by molar-refractivity contribution is -0.123. The molecular formula is C28H28N4O7. The third kappa shape index (κ3) is 5.87. The van der Waals surface area contributed by atoms with Gasteiger partial charge in [0.25, 0.3) is 17.7 Å². The Labute approximate surface area is 225 Å². The zero-order valence-corrected chi connectivity index (χ0v) is 21.5. The summed E-state index contributed by atoms with van der Waals surface area (Å²) in [5.41, 5.74) is 1.32. The maximum Gasteiger partial charge on any atom is 0.272 e. The number of hydrogen-bond donors (Lipinski definition) is 2. The van der Waals surface area contributed by atoms with Gasteiger partial charge in [-0.15, -0.1) is 0 Å². The van der Waals surface area contributed by atoms with E-state index in [0.29, 0.717) is 28.7 Å². The van der Waals surface area contributed by atoms with Gasteiger partial charge in [-0.25, -0.2) is 0 Å². The largest absolute Gasteiger partial charge is 0.497 e. The van der Waals surface area contributed by atoms with Crippen LogP contribution in [0.15, 0.2) is 60.8 Å². The van der Waals surface area contributed by atoms with Gasteiger partial charge in [-0.1, -0.05) is 6.07 Å². The lowest BCUT2D eigenvalue weighted by Crippen LogP contribution is -2.45. The number of ether oxygens (including phenoxy) is 4. The molecule has 2 aromatic carbocycles. The van der Waals surface area contributed by atoms with Crippen LogP contribution in [0.5, 0.6) is 23.0 Å². The Balaban J connectivity index is 1.49. The minimum Gasteiger partial charge on any atom is -0.497 e. The molecule has 11 heteroatoms. The molecule has 1 saturated heterocycles. The fourth-order valence-corrected chi connectivity index (χ4v) is 4.52. The van der Waals surface area contributed by atoms with Crippen molar-refractivity contribution in [1.82, 2.24) is 20.5 Å². The van der Waals surface area contributed by atoms with Gasteiger partial charge in [0.05, 0.1) is 26.8 Å². The Morgan fingerprint density at radius 1 is 1.03 bits per heavy atom. The van der Waals surface area contributed by atoms with E-state index in [1.807, 2.05) is 0 Å². The van der Waals surface area contributed by atoms with Gasteiger partial charge in [-0.05, 0) is 36.4 Å². The second kappa shape index (κ2) is 11.3. The van der Waals surface area contributed by atoms with Gasteiger partial charge >= 0.3 is 0 Å². The Morgan fingerprint density at radius 3 is 2.67 bits per heavy atom. The van der Waals surface area contributed by atoms with E-state index in [4.69, 9.17) is 18.9 Å². The standard InChI is InChI=1S/C28H28N4O7/c1-36-20-9-18-10-21(11-20)38-16-26(33)30-13-17-6-7-19(12-24(17)37-2)39-25-15-32(14-23(25)31-27(18)34)28(35)22-5-3-4-8-29-22/h3-12,23,25H,13-16H2,1-2H3,(H,30,33)(H,31,34)/t23-,25-/m0/s1. The van der Waals surface area contributed by atoms with E-state index in [9.17, 15) is 14.4 Å². The van der Waals surface area contributed by atoms with Crippen LogP contribution in [0, 0.1) is 0 Å². The summed E-state index contributed by atoms with van der Waals surface area (Å²) in [6, 6.07) is 14.6. The van der Waals surface area contributed by atoms with Crippen molar-refractivity contribution in [2.24, 2.45) is 0 Å². The summed E-state index contributed by atoms with van der Waals surface area (Å²) in [6.45, 7) is 0.403. The fraction of sp³-hybridized carbons (Fsp3) is 0.286. The molecule has 0 spiro atoms. The summed E-state index contributed by atoms with van der Waals surface area (Å²) < 4.78 is 22.8. The molecule has 0 saturated carbocycles. The van der Waals surface area contributed by atoms with E-state index < -0.39 is 18.1 Å². The van der Waals surface area contributed by atoms with Crippen LogP contribution in [0.3, 0.4) is 0 Å². The first-order valence-corrected chi connectivity index (χ1v) is 12.4. The number of benzene rings is 2. The van der Waals surface area contributed by atoms with Crippen LogP contribution in [0.25, 0.3) is 0 Å². The molecule has 1 fully saturated rings. The zero-order valence-electron chi connectivity index (χ0n) is 21.5. The van der Waals surface area contributed by atoms with Crippen LogP contribution < -0.4 is 29.6 Å². The molecule has 4 heterocycles. The van der Waals surface area contributed by atoms with Crippen LogP contribution in [0.4, 0.5) is 0 Å². The minimum absolute atomic E-state index is 0.215. The van der Waals surface area contributed by atoms with E-state index in [0.717, 1.165) is 5.56 Å². The van der Waals surface area contributed by atoms with Crippen molar-refractivity contribution in [3.05, 3.63) is 77.6 Å². The number of amides is 3. The molecule has 202 valence electrons. The van der Waals surface area contributed by atoms with Crippen molar-refractivity contribution < 1.29 is 33.3 Å². The summed E-state index contributed by atoms with van der Waals surface area (Å²) in [5.74, 6) is 0.692. The van der Waals surface area contributed by atoms with Crippen LogP contribution in [0.1, 0.15) is 26.4 Å². The summed E-state index contributed by atoms with van der Waals surface area (Å²) >= 11 is 0. The van der Waals surface area contributed by atoms with Crippen molar-refractivity contribution in [3.8, 4) is 23.0 Å². The number of likely N-dealkylation sites (tertiary alicyclic amines) is 1. The normalized spacial score (nSPS) is 19.1. The van der Waals surface area contributed by atoms with E-state index in [-0.39, 0.29) is 43.6 Å². The molecule has 4 bridgehead atoms. The van der Waals surface area contributed by atoms with E-state index in [1.165, 1.54) is 20.3 Å². The number of fused-ring (bicyclic) bond motifs is 7. The average molecular weight is 533 g/mol. The number of pyridine rings is 1. The molecule has 0 aliphatic carbocycles. The number of hydrogen-bond acceptors (Lipinski definition) is 8. The quantitative estimate of drug-likeness (QED) is 0.523. The number of rotatable bonds is 3. The third-order valence-electron chi connectivity index (χ3n) is 6.52. The maximum atomic E-state index is 13.4. The number of carbonyl (C=O) groups is 3. The smallest absolute Gasteiger partial charge is 0.272 e. The molecule has 2 atom stereocenters. The average Bonchev–Trinajstić information content (AvgIpc) is 3.36. The molecule has 3 aliphatic heterocycles. The Hall–Kier alpha value is -4.80. The first kappa shape index (κ1) is 25.8. The molecule has 6 rings (SSSR count). The number of aromatic nitrogens is 1. The van der Waals surface area contributed by atoms with Gasteiger partial charge < -0.3 is 34.5 Å². The predicted molar refractivity (Wildman–Crippen MR) is 139 cm³/mol. The molecule has 39 heavy (non-hydrogen) atoms. The Kier molecular flexibility index (Phi) is 7.48. The van der Waals surface area contributed by atoms with Crippen molar-refractivity contribution in [1.29, 1.82) is 0 Å². The Bertz CT molecular complexity index is 1380. The highest BCUT2D eigenvalue weighted by molar-refractivity contribution is 5.96. The second-order valence-electron chi connectivity index (χ2n) is 9.10. The first-order chi connectivity index (χ1) is 18.9. The first-order valence-electron chi connectivity index (χ1n) is 12.4. The minimum atomic E-state index is -0.561. The molecule has 3 aliphatic rings. The molecule has 3 amide bonds. The lowest BCUT2D eigenvalue weighted by Gasteiger charge is -2.22. The highest BCUT2D eigenvalue weighted by atomic mass is 16.5. The van der Waals surface area contributed by atoms with Crippen molar-refractivity contribution >= 4 is 17.7 Å². The number of nitrogens with one attached hydrogen (secondary N) is 2. The molecule has 0 radical (unpaired) electrons. The van der Waals surface area contributed by atoms with Crippen molar-refractivity contribution in [3.63, 3.8) is 0 Å². The van der Waals surface area contributed by atoms with Crippen LogP contribution in [-0.2, 0) is 11.3 Å². The molecule has 2 N–H and O–H groups in total. The molecular weight excluding hydrogens is 504 g/mol. The monoisotopic (exact) mass is 532 g/mol. The number of carbonyl (C=O) groups excluding carboxylic acids is 3. The van der Waals surface area contributed by atoms with E-state index in [1.54, 1.807) is 59.6 Å². The summed E-state index contributed by atoms with van der Waals surface area (Å²) in [6.07, 6.45) is 0.998. The fourth-order valence-electron chi connectivity index (χ4n) is 4.52. The Morgan fingerprint density at radius 2 is 1.90 bits per heavy atom. The highest BCUT2D eigenvalue weighted by Gasteiger charge is 2.39. The van der Waals surface area contributed by atoms with Gasteiger partial charge in [0.15, 0.2) is 6.61 Å². The van der Waals surface area contributed by atoms with Gasteiger partial charge in [0.1, 0.15) is 34.8 Å². The van der Waals surface area contributed by atoms with Crippen molar-refractivity contribution in [2.75, 3.05) is 33.9 Å². The van der Waals surface area contributed by atoms with Crippen molar-refractivity contribution in [2.45, 2.75) is 18.7 Å². The third-order valence-corrected chi connectivity index (χ3v) is 6.52. The summed E-state index contributed by atoms with van der Waals surface area (Å²) in [5, 5.41) is 5.80. The summed E-state index contributed by atoms with van der Waals surface area (Å²) in [7, 11) is 3.00. The molecule has 1 aromatic heterocycles. The highest BCUT2D eigenvalue weighted by Crippen LogP contribution is 2.28. The topological polar surface area (TPSA) is 128 Å². The maximum absolute atomic E-state index is 13.4. The molecule has 11 nitrogen and oxygen atoms in total. The zero-order chi connectivity index (χ0) is 27.4. The molecule has 3 aromatic rings. The second-order valence-corrected chi connectivity index (χ2v) is 9.10. The van der Waals surface area contributed by atoms with E-state index >= 15 is 0 Å². The summed E-state index contributed by atoms with van der Waals surface area (Å²) in [4.78, 5) is 44.8. The van der Waals surface area contributed by atoms with Gasteiger partial charge in [0, 0.05) is 42.5 Å². The van der Waals surface area contributed by atoms with Crippen LogP contribution in [0.2, 0.25) is 0 Å². The lowest BCUT2D eigenvalue weighted by atomic mass is 10.1. The van der Waals surface area contributed by atoms with Gasteiger partial charge in [0.2, 0.25) is 0 Å². The van der Waals surface area contributed by atoms with Crippen LogP contribution >= 0.6 is 0 Å². The van der Waals surface area contributed by atoms with Gasteiger partial charge in [-0.2, -0.15) is 0 Å². The van der Waals surface area contributed by atoms with Gasteiger partial charge in [-0.3, -0.25) is 19.4 Å². The molecule has 0 unspecified atom stereocenters. The van der Waals surface area contributed by atoms with Crippen LogP contribution in [-0.4, -0.2) is 73.7 Å².